The Bertz CT molecular complexity index is 548. The summed E-state index contributed by atoms with van der Waals surface area (Å²) in [6, 6.07) is 4.98. The Morgan fingerprint density at radius 2 is 2.14 bits per heavy atom. The van der Waals surface area contributed by atoms with E-state index in [1.807, 2.05) is 0 Å². The quantitative estimate of drug-likeness (QED) is 0.365. The van der Waals surface area contributed by atoms with Gasteiger partial charge in [0.2, 0.25) is 0 Å². The molecular weight excluding hydrogens is 351 g/mol. The van der Waals surface area contributed by atoms with Crippen LogP contribution >= 0.6 is 15.9 Å². The average Bonchev–Trinajstić information content (AvgIpc) is 2.45. The second-order valence-electron chi connectivity index (χ2n) is 4.98. The molecule has 0 aromatic heterocycles. The molecule has 3 N–H and O–H groups in total. The zero-order valence-electron chi connectivity index (χ0n) is 11.1. The normalized spacial score (nSPS) is 20.7. The minimum atomic E-state index is -4.16. The second-order valence-corrected chi connectivity index (χ2v) is 5.83. The van der Waals surface area contributed by atoms with Gasteiger partial charge in [0.05, 0.1) is 5.92 Å². The molecule has 1 aromatic carbocycles. The van der Waals surface area contributed by atoms with Gasteiger partial charge in [0.15, 0.2) is 5.84 Å². The van der Waals surface area contributed by atoms with Crippen LogP contribution in [0.5, 0.6) is 0 Å². The molecule has 0 spiro atoms. The Balaban J connectivity index is 2.21. The molecule has 1 aromatic rings. The Hall–Kier alpha value is -1.44. The van der Waals surface area contributed by atoms with E-state index in [1.54, 1.807) is 23.1 Å². The minimum absolute atomic E-state index is 0.0428. The lowest BCUT2D eigenvalue weighted by molar-refractivity contribution is -0.175. The number of anilines is 1. The summed E-state index contributed by atoms with van der Waals surface area (Å²) in [5.41, 5.74) is 6.69. The van der Waals surface area contributed by atoms with Crippen molar-refractivity contribution in [1.82, 2.24) is 0 Å². The smallest absolute Gasteiger partial charge is 0.393 e. The predicted molar refractivity (Wildman–Crippen MR) is 77.6 cm³/mol. The van der Waals surface area contributed by atoms with Crippen molar-refractivity contribution in [3.05, 3.63) is 28.2 Å². The lowest BCUT2D eigenvalue weighted by Gasteiger charge is -2.35. The maximum Gasteiger partial charge on any atom is 0.393 e. The largest absolute Gasteiger partial charge is 0.409 e. The molecule has 1 aliphatic heterocycles. The summed E-state index contributed by atoms with van der Waals surface area (Å²) in [6.45, 7) is 0.542. The first-order valence-electron chi connectivity index (χ1n) is 6.42. The van der Waals surface area contributed by atoms with Crippen LogP contribution in [0.3, 0.4) is 0 Å². The van der Waals surface area contributed by atoms with E-state index in [1.165, 1.54) is 0 Å². The first-order chi connectivity index (χ1) is 9.82. The van der Waals surface area contributed by atoms with Gasteiger partial charge < -0.3 is 15.8 Å². The molecule has 0 aliphatic carbocycles. The first-order valence-corrected chi connectivity index (χ1v) is 7.21. The van der Waals surface area contributed by atoms with Gasteiger partial charge in [0.1, 0.15) is 0 Å². The Morgan fingerprint density at radius 3 is 2.71 bits per heavy atom. The van der Waals surface area contributed by atoms with Gasteiger partial charge in [-0.25, -0.2) is 0 Å². The van der Waals surface area contributed by atoms with E-state index >= 15 is 0 Å². The zero-order chi connectivity index (χ0) is 15.6. The number of oxime groups is 1. The van der Waals surface area contributed by atoms with E-state index in [9.17, 15) is 13.2 Å². The van der Waals surface area contributed by atoms with Gasteiger partial charge in [-0.15, -0.1) is 0 Å². The van der Waals surface area contributed by atoms with Crippen molar-refractivity contribution in [3.63, 3.8) is 0 Å². The molecule has 1 heterocycles. The van der Waals surface area contributed by atoms with Crippen LogP contribution in [0, 0.1) is 5.92 Å². The SMILES string of the molecule is N/C(=N/O)c1ccc(N2CCCC(C(F)(F)F)C2)cc1Br. The van der Waals surface area contributed by atoms with Crippen LogP contribution in [0.1, 0.15) is 18.4 Å². The van der Waals surface area contributed by atoms with Crippen LogP contribution in [0.15, 0.2) is 27.8 Å². The molecular formula is C13H15BrF3N3O. The highest BCUT2D eigenvalue weighted by atomic mass is 79.9. The van der Waals surface area contributed by atoms with Crippen molar-refractivity contribution in [2.45, 2.75) is 19.0 Å². The molecule has 1 atom stereocenters. The highest BCUT2D eigenvalue weighted by molar-refractivity contribution is 9.10. The topological polar surface area (TPSA) is 61.9 Å². The van der Waals surface area contributed by atoms with Gasteiger partial charge in [-0.1, -0.05) is 5.16 Å². The second kappa shape index (κ2) is 6.13. The fourth-order valence-electron chi connectivity index (χ4n) is 2.44. The maximum absolute atomic E-state index is 12.8. The summed E-state index contributed by atoms with van der Waals surface area (Å²) in [5, 5.41) is 11.6. The molecule has 21 heavy (non-hydrogen) atoms. The molecule has 1 unspecified atom stereocenters. The summed E-state index contributed by atoms with van der Waals surface area (Å²) in [6.07, 6.45) is -3.49. The predicted octanol–water partition coefficient (Wildman–Crippen LogP) is 3.32. The molecule has 2 rings (SSSR count). The van der Waals surface area contributed by atoms with E-state index in [4.69, 9.17) is 10.9 Å². The number of alkyl halides is 3. The third-order valence-corrected chi connectivity index (χ3v) is 4.24. The molecule has 0 bridgehead atoms. The number of rotatable bonds is 2. The van der Waals surface area contributed by atoms with Crippen molar-refractivity contribution in [2.24, 2.45) is 16.8 Å². The molecule has 0 amide bonds. The lowest BCUT2D eigenvalue weighted by atomic mass is 9.97. The van der Waals surface area contributed by atoms with Crippen LogP contribution in [0.2, 0.25) is 0 Å². The summed E-state index contributed by atoms with van der Waals surface area (Å²) in [7, 11) is 0. The molecule has 4 nitrogen and oxygen atoms in total. The molecule has 0 saturated carbocycles. The number of piperidine rings is 1. The summed E-state index contributed by atoms with van der Waals surface area (Å²) in [4.78, 5) is 1.71. The van der Waals surface area contributed by atoms with E-state index in [2.05, 4.69) is 21.1 Å². The highest BCUT2D eigenvalue weighted by Crippen LogP contribution is 2.35. The zero-order valence-corrected chi connectivity index (χ0v) is 12.7. The van der Waals surface area contributed by atoms with Crippen LogP contribution in [0.25, 0.3) is 0 Å². The van der Waals surface area contributed by atoms with Gasteiger partial charge in [-0.3, -0.25) is 0 Å². The van der Waals surface area contributed by atoms with Gasteiger partial charge >= 0.3 is 6.18 Å². The monoisotopic (exact) mass is 365 g/mol. The summed E-state index contributed by atoms with van der Waals surface area (Å²) in [5.74, 6) is -1.35. The molecule has 0 radical (unpaired) electrons. The average molecular weight is 366 g/mol. The molecule has 1 fully saturated rings. The van der Waals surface area contributed by atoms with Crippen molar-refractivity contribution >= 4 is 27.5 Å². The van der Waals surface area contributed by atoms with E-state index in [0.717, 1.165) is 0 Å². The van der Waals surface area contributed by atoms with Crippen molar-refractivity contribution < 1.29 is 18.4 Å². The third kappa shape index (κ3) is 3.61. The maximum atomic E-state index is 12.8. The third-order valence-electron chi connectivity index (χ3n) is 3.59. The first kappa shape index (κ1) is 15.9. The Labute approximate surface area is 128 Å². The van der Waals surface area contributed by atoms with Crippen LogP contribution in [-0.2, 0) is 0 Å². The number of hydrogen-bond acceptors (Lipinski definition) is 3. The van der Waals surface area contributed by atoms with Gasteiger partial charge in [0, 0.05) is 28.8 Å². The van der Waals surface area contributed by atoms with Gasteiger partial charge in [-0.2, -0.15) is 13.2 Å². The number of nitrogens with two attached hydrogens (primary N) is 1. The number of benzene rings is 1. The minimum Gasteiger partial charge on any atom is -0.409 e. The highest BCUT2D eigenvalue weighted by Gasteiger charge is 2.41. The fraction of sp³-hybridized carbons (Fsp3) is 0.462. The van der Waals surface area contributed by atoms with Crippen molar-refractivity contribution in [1.29, 1.82) is 0 Å². The van der Waals surface area contributed by atoms with Crippen molar-refractivity contribution in [3.8, 4) is 0 Å². The molecule has 116 valence electrons. The van der Waals surface area contributed by atoms with Gasteiger partial charge in [-0.05, 0) is 47.0 Å². The van der Waals surface area contributed by atoms with E-state index in [0.29, 0.717) is 28.7 Å². The number of amidine groups is 1. The van der Waals surface area contributed by atoms with E-state index < -0.39 is 12.1 Å². The molecule has 1 aliphatic rings. The standard InChI is InChI=1S/C13H15BrF3N3O/c14-11-6-9(3-4-10(11)12(18)19-21)20-5-1-2-8(7-20)13(15,16)17/h3-4,6,8,21H,1-2,5,7H2,(H2,18,19). The number of hydrogen-bond donors (Lipinski definition) is 2. The molecule has 8 heteroatoms. The van der Waals surface area contributed by atoms with Gasteiger partial charge in [0.25, 0.3) is 0 Å². The van der Waals surface area contributed by atoms with Crippen LogP contribution in [0.4, 0.5) is 18.9 Å². The van der Waals surface area contributed by atoms with E-state index in [-0.39, 0.29) is 18.8 Å². The molecule has 1 saturated heterocycles. The number of nitrogens with zero attached hydrogens (tertiary/aromatic N) is 2. The summed E-state index contributed by atoms with van der Waals surface area (Å²) >= 11 is 3.29. The fourth-order valence-corrected chi connectivity index (χ4v) is 3.01. The summed E-state index contributed by atoms with van der Waals surface area (Å²) < 4.78 is 39.1. The van der Waals surface area contributed by atoms with Crippen molar-refractivity contribution in [2.75, 3.05) is 18.0 Å². The van der Waals surface area contributed by atoms with Crippen LogP contribution < -0.4 is 10.6 Å². The van der Waals surface area contributed by atoms with Crippen LogP contribution in [-0.4, -0.2) is 30.3 Å². The lowest BCUT2D eigenvalue weighted by Crippen LogP contribution is -2.41. The Kier molecular flexibility index (Phi) is 4.65. The number of halogens is 4. The Morgan fingerprint density at radius 1 is 1.43 bits per heavy atom.